The molecular formula is C13H14F3NO3. The van der Waals surface area contributed by atoms with Gasteiger partial charge < -0.3 is 9.47 Å². The van der Waals surface area contributed by atoms with Crippen LogP contribution in [0.2, 0.25) is 0 Å². The predicted molar refractivity (Wildman–Crippen MR) is 65.0 cm³/mol. The number of ketones is 1. The van der Waals surface area contributed by atoms with Crippen LogP contribution in [0.15, 0.2) is 18.2 Å². The van der Waals surface area contributed by atoms with Crippen LogP contribution in [0.5, 0.6) is 11.5 Å². The molecule has 0 aromatic heterocycles. The van der Waals surface area contributed by atoms with E-state index < -0.39 is 24.5 Å². The van der Waals surface area contributed by atoms with Crippen LogP contribution in [-0.4, -0.2) is 31.3 Å². The van der Waals surface area contributed by atoms with Gasteiger partial charge >= 0.3 is 0 Å². The Balaban J connectivity index is 2.12. The highest BCUT2D eigenvalue weighted by Crippen LogP contribution is 2.32. The molecule has 2 rings (SSSR count). The lowest BCUT2D eigenvalue weighted by molar-refractivity contribution is 0.0236. The van der Waals surface area contributed by atoms with Gasteiger partial charge in [0.2, 0.25) is 13.1 Å². The Kier molecular flexibility index (Phi) is 4.49. The predicted octanol–water partition coefficient (Wildman–Crippen LogP) is 2.53. The average molecular weight is 289 g/mol. The lowest BCUT2D eigenvalue weighted by atomic mass is 10.0. The third-order valence-corrected chi connectivity index (χ3v) is 2.96. The number of carbonyl (C=O) groups excluding carboxylic acids is 1. The fourth-order valence-electron chi connectivity index (χ4n) is 1.89. The molecule has 1 N–H and O–H groups in total. The number of hydrogen-bond acceptors (Lipinski definition) is 4. The molecule has 0 aliphatic carbocycles. The number of rotatable bonds is 6. The summed E-state index contributed by atoms with van der Waals surface area (Å²) < 4.78 is 47.6. The number of nitrogens with one attached hydrogen (secondary N) is 1. The molecule has 0 bridgehead atoms. The quantitative estimate of drug-likeness (QED) is 0.646. The zero-order valence-corrected chi connectivity index (χ0v) is 10.7. The molecule has 7 heteroatoms. The summed E-state index contributed by atoms with van der Waals surface area (Å²) >= 11 is 0. The summed E-state index contributed by atoms with van der Waals surface area (Å²) in [6, 6.07) is 3.50. The third kappa shape index (κ3) is 3.04. The Morgan fingerprint density at radius 3 is 2.65 bits per heavy atom. The fourth-order valence-corrected chi connectivity index (χ4v) is 1.89. The molecule has 0 spiro atoms. The first kappa shape index (κ1) is 14.6. The summed E-state index contributed by atoms with van der Waals surface area (Å²) in [4.78, 5) is 12.2. The number of Topliss-reactive ketones (excluding diaryl/α,β-unsaturated/α-hetero) is 1. The van der Waals surface area contributed by atoms with Gasteiger partial charge in [0.25, 0.3) is 6.43 Å². The molecule has 0 saturated carbocycles. The van der Waals surface area contributed by atoms with E-state index in [1.54, 1.807) is 13.0 Å². The summed E-state index contributed by atoms with van der Waals surface area (Å²) in [5.41, 5.74) is 0.259. The molecule has 20 heavy (non-hydrogen) atoms. The Morgan fingerprint density at radius 1 is 1.30 bits per heavy atom. The Hall–Kier alpha value is -1.76. The molecule has 0 radical (unpaired) electrons. The molecule has 1 aromatic rings. The SMILES string of the molecule is CCC(NC(F)C(F)F)C(=O)c1ccc2c(c1)OCO2. The Bertz CT molecular complexity index is 496. The minimum absolute atomic E-state index is 0.0698. The van der Waals surface area contributed by atoms with Gasteiger partial charge in [-0.25, -0.2) is 13.2 Å². The zero-order valence-electron chi connectivity index (χ0n) is 10.7. The smallest absolute Gasteiger partial charge is 0.282 e. The highest BCUT2D eigenvalue weighted by Gasteiger charge is 2.27. The second-order valence-corrected chi connectivity index (χ2v) is 4.30. The maximum Gasteiger partial charge on any atom is 0.282 e. The third-order valence-electron chi connectivity index (χ3n) is 2.96. The van der Waals surface area contributed by atoms with Crippen LogP contribution in [0.4, 0.5) is 13.2 Å². The van der Waals surface area contributed by atoms with Crippen molar-refractivity contribution in [1.82, 2.24) is 5.32 Å². The van der Waals surface area contributed by atoms with Crippen LogP contribution in [0.3, 0.4) is 0 Å². The number of ether oxygens (including phenoxy) is 2. The summed E-state index contributed by atoms with van der Waals surface area (Å²) in [5.74, 6) is 0.462. The average Bonchev–Trinajstić information content (AvgIpc) is 2.90. The summed E-state index contributed by atoms with van der Waals surface area (Å²) in [5, 5.41) is 1.99. The van der Waals surface area contributed by atoms with Gasteiger partial charge in [-0.3, -0.25) is 10.1 Å². The van der Waals surface area contributed by atoms with Crippen molar-refractivity contribution in [1.29, 1.82) is 0 Å². The van der Waals surface area contributed by atoms with Crippen molar-refractivity contribution in [3.8, 4) is 11.5 Å². The van der Waals surface area contributed by atoms with Gasteiger partial charge in [0.1, 0.15) is 0 Å². The lowest BCUT2D eigenvalue weighted by Gasteiger charge is -2.18. The molecule has 0 saturated heterocycles. The molecule has 4 nitrogen and oxygen atoms in total. The van der Waals surface area contributed by atoms with Crippen LogP contribution in [0.1, 0.15) is 23.7 Å². The van der Waals surface area contributed by atoms with E-state index in [9.17, 15) is 18.0 Å². The van der Waals surface area contributed by atoms with Crippen molar-refractivity contribution in [3.63, 3.8) is 0 Å². The number of benzene rings is 1. The molecule has 1 heterocycles. The standard InChI is InChI=1S/C13H14F3NO3/c1-2-8(17-13(16)12(14)15)11(18)7-3-4-9-10(5-7)20-6-19-9/h3-5,8,12-13,17H,2,6H2,1H3. The van der Waals surface area contributed by atoms with Crippen molar-refractivity contribution in [2.75, 3.05) is 6.79 Å². The van der Waals surface area contributed by atoms with Gasteiger partial charge in [-0.2, -0.15) is 0 Å². The molecular weight excluding hydrogens is 275 g/mol. The minimum Gasteiger partial charge on any atom is -0.454 e. The number of fused-ring (bicyclic) bond motifs is 1. The molecule has 0 fully saturated rings. The van der Waals surface area contributed by atoms with E-state index in [0.717, 1.165) is 0 Å². The summed E-state index contributed by atoms with van der Waals surface area (Å²) in [6.45, 7) is 1.68. The lowest BCUT2D eigenvalue weighted by Crippen LogP contribution is -2.44. The van der Waals surface area contributed by atoms with Crippen molar-refractivity contribution in [2.24, 2.45) is 0 Å². The van der Waals surface area contributed by atoms with Gasteiger partial charge in [0.15, 0.2) is 17.3 Å². The number of hydrogen-bond donors (Lipinski definition) is 1. The van der Waals surface area contributed by atoms with Gasteiger partial charge in [-0.1, -0.05) is 6.92 Å². The van der Waals surface area contributed by atoms with E-state index in [0.29, 0.717) is 11.5 Å². The van der Waals surface area contributed by atoms with E-state index in [1.165, 1.54) is 12.1 Å². The number of alkyl halides is 3. The Labute approximate surface area is 113 Å². The van der Waals surface area contributed by atoms with E-state index in [1.807, 2.05) is 5.32 Å². The number of carbonyl (C=O) groups is 1. The van der Waals surface area contributed by atoms with Gasteiger partial charge in [-0.15, -0.1) is 0 Å². The molecule has 110 valence electrons. The molecule has 0 amide bonds. The van der Waals surface area contributed by atoms with Crippen LogP contribution in [-0.2, 0) is 0 Å². The number of halogens is 3. The summed E-state index contributed by atoms with van der Waals surface area (Å²) in [6.07, 6.45) is -5.51. The molecule has 2 unspecified atom stereocenters. The van der Waals surface area contributed by atoms with Crippen LogP contribution in [0.25, 0.3) is 0 Å². The first-order valence-electron chi connectivity index (χ1n) is 6.15. The molecule has 1 aliphatic heterocycles. The fraction of sp³-hybridized carbons (Fsp3) is 0.462. The Morgan fingerprint density at radius 2 is 2.00 bits per heavy atom. The van der Waals surface area contributed by atoms with Crippen molar-refractivity contribution >= 4 is 5.78 Å². The first-order chi connectivity index (χ1) is 9.52. The first-order valence-corrected chi connectivity index (χ1v) is 6.15. The maximum atomic E-state index is 13.0. The second-order valence-electron chi connectivity index (χ2n) is 4.30. The van der Waals surface area contributed by atoms with E-state index in [2.05, 4.69) is 0 Å². The van der Waals surface area contributed by atoms with Crippen molar-refractivity contribution in [3.05, 3.63) is 23.8 Å². The topological polar surface area (TPSA) is 47.6 Å². The van der Waals surface area contributed by atoms with Gasteiger partial charge in [-0.05, 0) is 24.6 Å². The van der Waals surface area contributed by atoms with Crippen LogP contribution < -0.4 is 14.8 Å². The zero-order chi connectivity index (χ0) is 14.7. The second kappa shape index (κ2) is 6.13. The normalized spacial score (nSPS) is 16.2. The van der Waals surface area contributed by atoms with Gasteiger partial charge in [0, 0.05) is 5.56 Å². The molecule has 2 atom stereocenters. The van der Waals surface area contributed by atoms with E-state index in [-0.39, 0.29) is 18.8 Å². The van der Waals surface area contributed by atoms with Crippen LogP contribution >= 0.6 is 0 Å². The maximum absolute atomic E-state index is 13.0. The van der Waals surface area contributed by atoms with Crippen LogP contribution in [0, 0.1) is 0 Å². The van der Waals surface area contributed by atoms with Crippen molar-refractivity contribution < 1.29 is 27.4 Å². The minimum atomic E-state index is -3.17. The highest BCUT2D eigenvalue weighted by atomic mass is 19.3. The molecule has 1 aromatic carbocycles. The van der Waals surface area contributed by atoms with E-state index in [4.69, 9.17) is 9.47 Å². The highest BCUT2D eigenvalue weighted by molar-refractivity contribution is 6.00. The largest absolute Gasteiger partial charge is 0.454 e. The molecule has 1 aliphatic rings. The summed E-state index contributed by atoms with van der Waals surface area (Å²) in [7, 11) is 0. The monoisotopic (exact) mass is 289 g/mol. The van der Waals surface area contributed by atoms with Crippen molar-refractivity contribution in [2.45, 2.75) is 32.1 Å². The van der Waals surface area contributed by atoms with Gasteiger partial charge in [0.05, 0.1) is 6.04 Å². The van der Waals surface area contributed by atoms with E-state index >= 15 is 0 Å².